The molecule has 2 aliphatic carbocycles. The number of benzene rings is 1. The Labute approximate surface area is 190 Å². The van der Waals surface area contributed by atoms with Gasteiger partial charge in [-0.2, -0.15) is 0 Å². The van der Waals surface area contributed by atoms with Crippen LogP contribution in [0.3, 0.4) is 0 Å². The van der Waals surface area contributed by atoms with Gasteiger partial charge in [0.2, 0.25) is 5.91 Å². The van der Waals surface area contributed by atoms with E-state index in [0.29, 0.717) is 6.54 Å². The summed E-state index contributed by atoms with van der Waals surface area (Å²) < 4.78 is 12.4. The normalized spacial score (nSPS) is 29.1. The van der Waals surface area contributed by atoms with Crippen molar-refractivity contribution in [1.82, 2.24) is 9.80 Å². The minimum absolute atomic E-state index is 0.0113. The smallest absolute Gasteiger partial charge is 0.248 e. The maximum absolute atomic E-state index is 12.5. The number of ether oxygens (including phenoxy) is 2. The monoisotopic (exact) mass is 438 g/mol. The number of aliphatic hydroxyl groups is 1. The molecule has 0 radical (unpaired) electrons. The fraction of sp³-hybridized carbons (Fsp3) is 0.577. The summed E-state index contributed by atoms with van der Waals surface area (Å²) in [4.78, 5) is 16.8. The molecule has 2 saturated heterocycles. The molecule has 4 aliphatic rings. The van der Waals surface area contributed by atoms with Crippen LogP contribution in [0.4, 0.5) is 0 Å². The summed E-state index contributed by atoms with van der Waals surface area (Å²) in [6.07, 6.45) is 10.8. The van der Waals surface area contributed by atoms with Crippen LogP contribution in [0.15, 0.2) is 53.8 Å². The Morgan fingerprint density at radius 3 is 2.72 bits per heavy atom. The van der Waals surface area contributed by atoms with Gasteiger partial charge < -0.3 is 24.4 Å². The number of amides is 1. The second-order valence-corrected chi connectivity index (χ2v) is 9.61. The first-order chi connectivity index (χ1) is 15.6. The predicted octanol–water partition coefficient (Wildman–Crippen LogP) is 2.67. The maximum atomic E-state index is 12.5. The lowest BCUT2D eigenvalue weighted by Crippen LogP contribution is -2.56. The van der Waals surface area contributed by atoms with Crippen LogP contribution < -0.4 is 0 Å². The number of aliphatic hydroxyl groups excluding tert-OH is 1. The van der Waals surface area contributed by atoms with Crippen molar-refractivity contribution in [2.24, 2.45) is 0 Å². The van der Waals surface area contributed by atoms with Crippen molar-refractivity contribution in [3.8, 4) is 0 Å². The number of rotatable bonds is 5. The summed E-state index contributed by atoms with van der Waals surface area (Å²) in [5.41, 5.74) is 3.80. The van der Waals surface area contributed by atoms with Crippen molar-refractivity contribution in [2.45, 2.75) is 62.4 Å². The van der Waals surface area contributed by atoms with Gasteiger partial charge in [0, 0.05) is 38.9 Å². The Morgan fingerprint density at radius 2 is 2.00 bits per heavy atom. The Hall–Kier alpha value is -2.15. The first kappa shape index (κ1) is 21.7. The average molecular weight is 439 g/mol. The van der Waals surface area contributed by atoms with Gasteiger partial charge in [-0.3, -0.25) is 4.79 Å². The predicted molar refractivity (Wildman–Crippen MR) is 122 cm³/mol. The molecule has 6 heteroatoms. The van der Waals surface area contributed by atoms with E-state index < -0.39 is 6.61 Å². The second kappa shape index (κ2) is 9.00. The van der Waals surface area contributed by atoms with Crippen LogP contribution in [-0.4, -0.2) is 78.0 Å². The van der Waals surface area contributed by atoms with Crippen molar-refractivity contribution >= 4 is 5.91 Å². The first-order valence-corrected chi connectivity index (χ1v) is 11.9. The molecule has 3 atom stereocenters. The topological polar surface area (TPSA) is 62.2 Å². The van der Waals surface area contributed by atoms with Gasteiger partial charge in [-0.15, -0.1) is 0 Å². The fourth-order valence-electron chi connectivity index (χ4n) is 6.10. The Bertz CT molecular complexity index is 890. The minimum atomic E-state index is -0.437. The molecular formula is C26H34N2O4. The zero-order valence-corrected chi connectivity index (χ0v) is 18.9. The minimum Gasteiger partial charge on any atom is -0.387 e. The molecule has 6 nitrogen and oxygen atoms in total. The van der Waals surface area contributed by atoms with E-state index in [1.165, 1.54) is 29.7 Å². The first-order valence-electron chi connectivity index (χ1n) is 11.9. The summed E-state index contributed by atoms with van der Waals surface area (Å²) in [6.45, 7) is 1.69. The highest BCUT2D eigenvalue weighted by Gasteiger charge is 2.49. The van der Waals surface area contributed by atoms with Crippen molar-refractivity contribution in [3.05, 3.63) is 59.3 Å². The zero-order valence-electron chi connectivity index (χ0n) is 18.9. The quantitative estimate of drug-likeness (QED) is 0.766. The largest absolute Gasteiger partial charge is 0.387 e. The lowest BCUT2D eigenvalue weighted by atomic mass is 9.89. The molecular weight excluding hydrogens is 404 g/mol. The molecule has 2 heterocycles. The number of hydrogen-bond acceptors (Lipinski definition) is 5. The van der Waals surface area contributed by atoms with Crippen molar-refractivity contribution in [1.29, 1.82) is 0 Å². The molecule has 1 amide bonds. The molecule has 1 N–H and O–H groups in total. The number of fused-ring (bicyclic) bond motifs is 1. The van der Waals surface area contributed by atoms with E-state index in [2.05, 4.69) is 29.2 Å². The summed E-state index contributed by atoms with van der Waals surface area (Å²) in [6, 6.07) is 10.3. The van der Waals surface area contributed by atoms with E-state index in [0.717, 1.165) is 38.8 Å². The highest BCUT2D eigenvalue weighted by atomic mass is 16.6. The van der Waals surface area contributed by atoms with Gasteiger partial charge in [-0.1, -0.05) is 49.2 Å². The number of piperazine rings is 1. The SMILES string of the molecule is COC1C=CC(N2CCN(C(=O)CO)[C@@H](Cc3ccccc3)C2)=C2CC3(CCCC3)OC21. The maximum Gasteiger partial charge on any atom is 0.248 e. The number of methoxy groups -OCH3 is 1. The van der Waals surface area contributed by atoms with Gasteiger partial charge in [-0.05, 0) is 36.5 Å². The zero-order chi connectivity index (χ0) is 22.1. The number of hydrogen-bond donors (Lipinski definition) is 1. The van der Waals surface area contributed by atoms with Crippen LogP contribution in [0.5, 0.6) is 0 Å². The fourth-order valence-corrected chi connectivity index (χ4v) is 6.10. The van der Waals surface area contributed by atoms with Gasteiger partial charge in [-0.25, -0.2) is 0 Å². The lowest BCUT2D eigenvalue weighted by molar-refractivity contribution is -0.138. The van der Waals surface area contributed by atoms with E-state index in [9.17, 15) is 9.90 Å². The van der Waals surface area contributed by atoms with Gasteiger partial charge in [0.15, 0.2) is 0 Å². The highest BCUT2D eigenvalue weighted by Crippen LogP contribution is 2.49. The molecule has 1 saturated carbocycles. The third-order valence-electron chi connectivity index (χ3n) is 7.68. The third-order valence-corrected chi connectivity index (χ3v) is 7.68. The molecule has 1 aromatic rings. The van der Waals surface area contributed by atoms with E-state index in [1.54, 1.807) is 7.11 Å². The van der Waals surface area contributed by atoms with Crippen molar-refractivity contribution < 1.29 is 19.4 Å². The van der Waals surface area contributed by atoms with Gasteiger partial charge in [0.1, 0.15) is 18.8 Å². The molecule has 3 fully saturated rings. The van der Waals surface area contributed by atoms with Gasteiger partial charge >= 0.3 is 0 Å². The molecule has 1 aromatic carbocycles. The molecule has 32 heavy (non-hydrogen) atoms. The van der Waals surface area contributed by atoms with Crippen LogP contribution in [0, 0.1) is 0 Å². The standard InChI is InChI=1S/C26H34N2O4/c1-31-23-10-9-22(21-16-26(32-25(21)23)11-5-6-12-26)27-13-14-28(24(30)18-29)20(17-27)15-19-7-3-2-4-8-19/h2-4,7-10,20,23,25,29H,5-6,11-18H2,1H3/t20-,23?,25?/m0/s1. The highest BCUT2D eigenvalue weighted by molar-refractivity contribution is 5.77. The van der Waals surface area contributed by atoms with Gasteiger partial charge in [0.05, 0.1) is 11.6 Å². The lowest BCUT2D eigenvalue weighted by Gasteiger charge is -2.44. The Morgan fingerprint density at radius 1 is 1.22 bits per heavy atom. The number of allylic oxidation sites excluding steroid dienone is 1. The Kier molecular flexibility index (Phi) is 6.10. The van der Waals surface area contributed by atoms with Crippen LogP contribution in [0.25, 0.3) is 0 Å². The van der Waals surface area contributed by atoms with Crippen LogP contribution in [-0.2, 0) is 20.7 Å². The van der Waals surface area contributed by atoms with E-state index in [1.807, 2.05) is 23.1 Å². The molecule has 5 rings (SSSR count). The Balaban J connectivity index is 1.42. The number of nitrogens with zero attached hydrogens (tertiary/aromatic N) is 2. The summed E-state index contributed by atoms with van der Waals surface area (Å²) in [5.74, 6) is -0.186. The molecule has 2 aliphatic heterocycles. The van der Waals surface area contributed by atoms with E-state index >= 15 is 0 Å². The number of carbonyl (C=O) groups excluding carboxylic acids is 1. The molecule has 172 valence electrons. The van der Waals surface area contributed by atoms with Gasteiger partial charge in [0.25, 0.3) is 0 Å². The van der Waals surface area contributed by atoms with Crippen LogP contribution in [0.2, 0.25) is 0 Å². The van der Waals surface area contributed by atoms with Crippen molar-refractivity contribution in [3.63, 3.8) is 0 Å². The van der Waals surface area contributed by atoms with Crippen molar-refractivity contribution in [2.75, 3.05) is 33.4 Å². The average Bonchev–Trinajstić information content (AvgIpc) is 3.44. The van der Waals surface area contributed by atoms with Crippen LogP contribution >= 0.6 is 0 Å². The number of carbonyl (C=O) groups is 1. The molecule has 0 bridgehead atoms. The molecule has 1 spiro atoms. The summed E-state index contributed by atoms with van der Waals surface area (Å²) in [5, 5.41) is 9.53. The van der Waals surface area contributed by atoms with Crippen LogP contribution in [0.1, 0.15) is 37.7 Å². The van der Waals surface area contributed by atoms with E-state index in [-0.39, 0.29) is 29.8 Å². The van der Waals surface area contributed by atoms with E-state index in [4.69, 9.17) is 9.47 Å². The summed E-state index contributed by atoms with van der Waals surface area (Å²) in [7, 11) is 1.76. The third kappa shape index (κ3) is 4.00. The summed E-state index contributed by atoms with van der Waals surface area (Å²) >= 11 is 0. The second-order valence-electron chi connectivity index (χ2n) is 9.61. The molecule has 2 unspecified atom stereocenters. The molecule has 0 aromatic heterocycles.